The number of hydrogen-bond donors (Lipinski definition) is 1. The van der Waals surface area contributed by atoms with Crippen molar-refractivity contribution in [2.45, 2.75) is 27.7 Å². The van der Waals surface area contributed by atoms with Crippen LogP contribution >= 0.6 is 0 Å². The number of anilines is 1. The first-order chi connectivity index (χ1) is 16.9. The predicted octanol–water partition coefficient (Wildman–Crippen LogP) is 9.17. The highest BCUT2D eigenvalue weighted by Crippen LogP contribution is 2.48. The van der Waals surface area contributed by atoms with Gasteiger partial charge < -0.3 is 5.73 Å². The zero-order chi connectivity index (χ0) is 24.5. The molecule has 0 aliphatic carbocycles. The van der Waals surface area contributed by atoms with Crippen molar-refractivity contribution in [3.63, 3.8) is 0 Å². The van der Waals surface area contributed by atoms with E-state index in [1.807, 2.05) is 0 Å². The molecule has 5 aromatic carbocycles. The van der Waals surface area contributed by atoms with Crippen LogP contribution in [-0.4, -0.2) is 0 Å². The molecule has 5 rings (SSSR count). The fraction of sp³-hybridized carbons (Fsp3) is 0.118. The molecule has 0 radical (unpaired) electrons. The first-order valence-corrected chi connectivity index (χ1v) is 12.2. The minimum Gasteiger partial charge on any atom is -0.398 e. The van der Waals surface area contributed by atoms with Gasteiger partial charge in [-0.05, 0) is 67.1 Å². The van der Waals surface area contributed by atoms with Crippen molar-refractivity contribution in [3.05, 3.63) is 125 Å². The predicted molar refractivity (Wildman–Crippen MR) is 152 cm³/mol. The van der Waals surface area contributed by atoms with Crippen LogP contribution in [0.5, 0.6) is 0 Å². The van der Waals surface area contributed by atoms with E-state index in [0.717, 1.165) is 22.4 Å². The molecule has 0 saturated carbocycles. The van der Waals surface area contributed by atoms with E-state index >= 15 is 0 Å². The molecule has 5 aromatic rings. The average Bonchev–Trinajstić information content (AvgIpc) is 2.86. The molecule has 1 nitrogen and oxygen atoms in total. The van der Waals surface area contributed by atoms with E-state index in [4.69, 9.17) is 5.73 Å². The molecule has 2 N–H and O–H groups in total. The summed E-state index contributed by atoms with van der Waals surface area (Å²) in [5.41, 5.74) is 21.9. The lowest BCUT2D eigenvalue weighted by atomic mass is 9.81. The highest BCUT2D eigenvalue weighted by molar-refractivity contribution is 6.05. The molecule has 172 valence electrons. The Hall–Kier alpha value is -4.10. The van der Waals surface area contributed by atoms with Crippen molar-refractivity contribution in [1.82, 2.24) is 0 Å². The molecule has 0 fully saturated rings. The summed E-state index contributed by atoms with van der Waals surface area (Å²) in [6, 6.07) is 37.2. The first kappa shape index (κ1) is 22.7. The maximum atomic E-state index is 6.90. The lowest BCUT2D eigenvalue weighted by Gasteiger charge is -2.23. The van der Waals surface area contributed by atoms with Crippen LogP contribution in [0, 0.1) is 27.7 Å². The smallest absolute Gasteiger partial charge is 0.0406 e. The van der Waals surface area contributed by atoms with Gasteiger partial charge in [-0.2, -0.15) is 0 Å². The number of rotatable bonds is 4. The third-order valence-corrected chi connectivity index (χ3v) is 6.74. The second-order valence-electron chi connectivity index (χ2n) is 9.60. The van der Waals surface area contributed by atoms with Crippen LogP contribution in [0.2, 0.25) is 0 Å². The number of nitrogen functional groups attached to an aromatic ring is 1. The van der Waals surface area contributed by atoms with E-state index in [0.29, 0.717) is 0 Å². The Morgan fingerprint density at radius 3 is 1.09 bits per heavy atom. The number of aryl methyl sites for hydroxylation is 4. The van der Waals surface area contributed by atoms with E-state index in [9.17, 15) is 0 Å². The second kappa shape index (κ2) is 9.27. The van der Waals surface area contributed by atoms with E-state index in [2.05, 4.69) is 131 Å². The van der Waals surface area contributed by atoms with Gasteiger partial charge in [0.25, 0.3) is 0 Å². The molecule has 0 aromatic heterocycles. The quantitative estimate of drug-likeness (QED) is 0.270. The van der Waals surface area contributed by atoms with Gasteiger partial charge in [0.2, 0.25) is 0 Å². The molecule has 0 bridgehead atoms. The van der Waals surface area contributed by atoms with Gasteiger partial charge in [-0.3, -0.25) is 0 Å². The molecule has 0 heterocycles. The van der Waals surface area contributed by atoms with E-state index in [-0.39, 0.29) is 0 Å². The van der Waals surface area contributed by atoms with Gasteiger partial charge in [0, 0.05) is 16.8 Å². The molecule has 0 saturated heterocycles. The lowest BCUT2D eigenvalue weighted by molar-refractivity contribution is 1.44. The summed E-state index contributed by atoms with van der Waals surface area (Å²) < 4.78 is 0. The highest BCUT2D eigenvalue weighted by atomic mass is 14.6. The normalized spacial score (nSPS) is 11.0. The minimum absolute atomic E-state index is 0.788. The van der Waals surface area contributed by atoms with E-state index < -0.39 is 0 Å². The summed E-state index contributed by atoms with van der Waals surface area (Å²) in [7, 11) is 0. The van der Waals surface area contributed by atoms with E-state index in [1.54, 1.807) is 0 Å². The van der Waals surface area contributed by atoms with Gasteiger partial charge in [0.1, 0.15) is 0 Å². The molecule has 0 amide bonds. The summed E-state index contributed by atoms with van der Waals surface area (Å²) in [4.78, 5) is 0. The monoisotopic (exact) mass is 453 g/mol. The summed E-state index contributed by atoms with van der Waals surface area (Å²) in [6.45, 7) is 8.50. The number of benzene rings is 5. The van der Waals surface area contributed by atoms with Crippen LogP contribution in [0.1, 0.15) is 22.3 Å². The molecule has 0 aliphatic heterocycles. The van der Waals surface area contributed by atoms with Crippen molar-refractivity contribution in [3.8, 4) is 44.5 Å². The Labute approximate surface area is 208 Å². The third-order valence-electron chi connectivity index (χ3n) is 6.74. The van der Waals surface area contributed by atoms with Crippen LogP contribution in [-0.2, 0) is 0 Å². The van der Waals surface area contributed by atoms with Gasteiger partial charge in [-0.25, -0.2) is 0 Å². The Kier molecular flexibility index (Phi) is 6.01. The van der Waals surface area contributed by atoms with Crippen molar-refractivity contribution >= 4 is 5.69 Å². The molecule has 1 heteroatoms. The molecule has 0 aliphatic rings. The molecular formula is C34H31N. The highest BCUT2D eigenvalue weighted by Gasteiger charge is 2.22. The minimum atomic E-state index is 0.788. The second-order valence-corrected chi connectivity index (χ2v) is 9.60. The van der Waals surface area contributed by atoms with Crippen molar-refractivity contribution < 1.29 is 0 Å². The van der Waals surface area contributed by atoms with Crippen molar-refractivity contribution in [2.75, 3.05) is 5.73 Å². The summed E-state index contributed by atoms with van der Waals surface area (Å²) in [6.07, 6.45) is 0. The van der Waals surface area contributed by atoms with Crippen LogP contribution in [0.15, 0.2) is 103 Å². The van der Waals surface area contributed by atoms with Gasteiger partial charge in [-0.1, -0.05) is 119 Å². The lowest BCUT2D eigenvalue weighted by Crippen LogP contribution is -2.00. The van der Waals surface area contributed by atoms with Gasteiger partial charge in [0.05, 0.1) is 0 Å². The van der Waals surface area contributed by atoms with Crippen LogP contribution in [0.25, 0.3) is 44.5 Å². The topological polar surface area (TPSA) is 26.0 Å². The van der Waals surface area contributed by atoms with Gasteiger partial charge >= 0.3 is 0 Å². The van der Waals surface area contributed by atoms with Crippen LogP contribution in [0.4, 0.5) is 5.69 Å². The standard InChI is InChI=1S/C34H31N/c1-22-5-13-26(14-6-22)30-21-31(35)33(28-17-9-24(3)10-18-28)34(29-19-11-25(4)12-20-29)32(30)27-15-7-23(2)8-16-27/h5-21H,35H2,1-4H3. The summed E-state index contributed by atoms with van der Waals surface area (Å²) in [5, 5.41) is 0. The van der Waals surface area contributed by atoms with Gasteiger partial charge in [-0.15, -0.1) is 0 Å². The Morgan fingerprint density at radius 2 is 0.686 bits per heavy atom. The average molecular weight is 454 g/mol. The third kappa shape index (κ3) is 4.50. The molecule has 0 unspecified atom stereocenters. The van der Waals surface area contributed by atoms with E-state index in [1.165, 1.54) is 50.1 Å². The largest absolute Gasteiger partial charge is 0.398 e. The molecule has 0 spiro atoms. The first-order valence-electron chi connectivity index (χ1n) is 12.2. The Bertz CT molecular complexity index is 1470. The maximum absolute atomic E-state index is 6.90. The number of nitrogens with two attached hydrogens (primary N) is 1. The zero-order valence-electron chi connectivity index (χ0n) is 20.9. The molecular weight excluding hydrogens is 422 g/mol. The fourth-order valence-corrected chi connectivity index (χ4v) is 4.72. The number of hydrogen-bond acceptors (Lipinski definition) is 1. The molecule has 35 heavy (non-hydrogen) atoms. The van der Waals surface area contributed by atoms with Crippen LogP contribution in [0.3, 0.4) is 0 Å². The Balaban J connectivity index is 1.93. The summed E-state index contributed by atoms with van der Waals surface area (Å²) >= 11 is 0. The SMILES string of the molecule is Cc1ccc(-c2cc(N)c(-c3ccc(C)cc3)c(-c3ccc(C)cc3)c2-c2ccc(C)cc2)cc1. The van der Waals surface area contributed by atoms with Crippen molar-refractivity contribution in [2.24, 2.45) is 0 Å². The molecule has 0 atom stereocenters. The maximum Gasteiger partial charge on any atom is 0.0406 e. The fourth-order valence-electron chi connectivity index (χ4n) is 4.72. The van der Waals surface area contributed by atoms with Gasteiger partial charge in [0.15, 0.2) is 0 Å². The van der Waals surface area contributed by atoms with Crippen molar-refractivity contribution in [1.29, 1.82) is 0 Å². The van der Waals surface area contributed by atoms with Crippen LogP contribution < -0.4 is 5.73 Å². The Morgan fingerprint density at radius 1 is 0.371 bits per heavy atom. The zero-order valence-corrected chi connectivity index (χ0v) is 20.9. The summed E-state index contributed by atoms with van der Waals surface area (Å²) in [5.74, 6) is 0.